The van der Waals surface area contributed by atoms with Gasteiger partial charge in [0, 0.05) is 39.4 Å². The second-order valence-electron chi connectivity index (χ2n) is 8.28. The van der Waals surface area contributed by atoms with Crippen molar-refractivity contribution in [1.82, 2.24) is 9.80 Å². The Kier molecular flexibility index (Phi) is 10.3. The van der Waals surface area contributed by atoms with Gasteiger partial charge in [-0.2, -0.15) is 0 Å². The zero-order chi connectivity index (χ0) is 18.1. The van der Waals surface area contributed by atoms with Crippen LogP contribution >= 0.6 is 0 Å². The normalized spacial score (nSPS) is 18.2. The fraction of sp³-hybridized carbons (Fsp3) is 1.00. The lowest BCUT2D eigenvalue weighted by Crippen LogP contribution is -2.47. The smallest absolute Gasteiger partial charge is 0.186 e. The molecule has 0 unspecified atom stereocenters. The van der Waals surface area contributed by atoms with Gasteiger partial charge in [0.2, 0.25) is 0 Å². The van der Waals surface area contributed by atoms with E-state index in [0.717, 1.165) is 13.2 Å². The third-order valence-electron chi connectivity index (χ3n) is 5.04. The SMILES string of the molecule is CCO[Si](C)(C)CCCN1CCN(CCC[Si](C)(C)OCC)CC1. The molecule has 6 heteroatoms. The van der Waals surface area contributed by atoms with Crippen molar-refractivity contribution in [3.8, 4) is 0 Å². The highest BCUT2D eigenvalue weighted by molar-refractivity contribution is 6.71. The summed E-state index contributed by atoms with van der Waals surface area (Å²) in [5.74, 6) is 0. The maximum Gasteiger partial charge on any atom is 0.186 e. The summed E-state index contributed by atoms with van der Waals surface area (Å²) in [7, 11) is -2.78. The molecule has 1 aliphatic heterocycles. The first kappa shape index (κ1) is 22.3. The fourth-order valence-electron chi connectivity index (χ4n) is 3.62. The molecule has 0 bridgehead atoms. The molecule has 0 amide bonds. The second-order valence-corrected chi connectivity index (χ2v) is 16.9. The van der Waals surface area contributed by atoms with Crippen LogP contribution in [0, 0.1) is 0 Å². The van der Waals surface area contributed by atoms with Crippen LogP contribution < -0.4 is 0 Å². The molecule has 24 heavy (non-hydrogen) atoms. The predicted molar refractivity (Wildman–Crippen MR) is 110 cm³/mol. The highest BCUT2D eigenvalue weighted by Gasteiger charge is 2.24. The van der Waals surface area contributed by atoms with Crippen LogP contribution in [0.3, 0.4) is 0 Å². The molecular weight excluding hydrogens is 332 g/mol. The molecular formula is C18H42N2O2Si2. The maximum absolute atomic E-state index is 5.93. The van der Waals surface area contributed by atoms with E-state index in [9.17, 15) is 0 Å². The quantitative estimate of drug-likeness (QED) is 0.484. The molecule has 0 aromatic heterocycles. The molecule has 1 aliphatic rings. The maximum atomic E-state index is 5.93. The van der Waals surface area contributed by atoms with Gasteiger partial charge < -0.3 is 18.7 Å². The lowest BCUT2D eigenvalue weighted by Gasteiger charge is -2.35. The Labute approximate surface area is 153 Å². The van der Waals surface area contributed by atoms with Crippen LogP contribution in [0.1, 0.15) is 26.7 Å². The van der Waals surface area contributed by atoms with Crippen molar-refractivity contribution in [2.45, 2.75) is 65.0 Å². The van der Waals surface area contributed by atoms with Crippen LogP contribution in [0.5, 0.6) is 0 Å². The Morgan fingerprint density at radius 2 is 1.00 bits per heavy atom. The van der Waals surface area contributed by atoms with Crippen LogP contribution in [0.4, 0.5) is 0 Å². The van der Waals surface area contributed by atoms with Crippen LogP contribution in [-0.2, 0) is 8.85 Å². The Hall–Kier alpha value is 0.274. The average Bonchev–Trinajstić information content (AvgIpc) is 2.48. The molecule has 1 rings (SSSR count). The lowest BCUT2D eigenvalue weighted by molar-refractivity contribution is 0.132. The summed E-state index contributed by atoms with van der Waals surface area (Å²) in [5.41, 5.74) is 0. The van der Waals surface area contributed by atoms with E-state index < -0.39 is 16.6 Å². The number of hydrogen-bond acceptors (Lipinski definition) is 4. The molecule has 0 spiro atoms. The molecule has 0 N–H and O–H groups in total. The summed E-state index contributed by atoms with van der Waals surface area (Å²) in [6.45, 7) is 22.8. The fourth-order valence-corrected chi connectivity index (χ4v) is 7.49. The van der Waals surface area contributed by atoms with E-state index in [1.54, 1.807) is 0 Å². The Balaban J connectivity index is 2.12. The van der Waals surface area contributed by atoms with E-state index in [2.05, 4.69) is 49.8 Å². The van der Waals surface area contributed by atoms with Gasteiger partial charge in [0.25, 0.3) is 0 Å². The minimum absolute atomic E-state index is 0.876. The van der Waals surface area contributed by atoms with Crippen LogP contribution in [-0.4, -0.2) is 78.9 Å². The predicted octanol–water partition coefficient (Wildman–Crippen LogP) is 3.87. The highest BCUT2D eigenvalue weighted by Crippen LogP contribution is 2.16. The minimum Gasteiger partial charge on any atom is -0.418 e. The summed E-state index contributed by atoms with van der Waals surface area (Å²) in [4.78, 5) is 5.29. The van der Waals surface area contributed by atoms with Gasteiger partial charge in [0.1, 0.15) is 0 Å². The number of rotatable bonds is 12. The third kappa shape index (κ3) is 9.68. The minimum atomic E-state index is -1.39. The van der Waals surface area contributed by atoms with Gasteiger partial charge in [-0.25, -0.2) is 0 Å². The summed E-state index contributed by atoms with van der Waals surface area (Å²) in [5, 5.41) is 0. The molecule has 0 atom stereocenters. The monoisotopic (exact) mass is 374 g/mol. The van der Waals surface area contributed by atoms with Crippen molar-refractivity contribution >= 4 is 16.6 Å². The second kappa shape index (κ2) is 11.1. The Morgan fingerprint density at radius 1 is 0.667 bits per heavy atom. The number of hydrogen-bond donors (Lipinski definition) is 0. The molecule has 4 nitrogen and oxygen atoms in total. The Morgan fingerprint density at radius 3 is 1.29 bits per heavy atom. The first-order valence-corrected chi connectivity index (χ1v) is 16.2. The molecule has 0 aromatic rings. The van der Waals surface area contributed by atoms with Crippen LogP contribution in [0.25, 0.3) is 0 Å². The van der Waals surface area contributed by atoms with Crippen molar-refractivity contribution in [3.05, 3.63) is 0 Å². The molecule has 1 saturated heterocycles. The highest BCUT2D eigenvalue weighted by atomic mass is 28.4. The first-order valence-electron chi connectivity index (χ1n) is 10.0. The van der Waals surface area contributed by atoms with Gasteiger partial charge in [-0.15, -0.1) is 0 Å². The van der Waals surface area contributed by atoms with Crippen molar-refractivity contribution < 1.29 is 8.85 Å². The first-order chi connectivity index (χ1) is 11.3. The van der Waals surface area contributed by atoms with Crippen LogP contribution in [0.15, 0.2) is 0 Å². The molecule has 144 valence electrons. The van der Waals surface area contributed by atoms with Gasteiger partial charge in [-0.3, -0.25) is 0 Å². The van der Waals surface area contributed by atoms with Crippen molar-refractivity contribution in [2.75, 3.05) is 52.5 Å². The van der Waals surface area contributed by atoms with Gasteiger partial charge in [0.05, 0.1) is 0 Å². The zero-order valence-electron chi connectivity index (χ0n) is 17.2. The number of nitrogens with zero attached hydrogens (tertiary/aromatic N) is 2. The number of piperazine rings is 1. The van der Waals surface area contributed by atoms with Gasteiger partial charge in [-0.1, -0.05) is 0 Å². The third-order valence-corrected chi connectivity index (χ3v) is 10.3. The molecule has 0 saturated carbocycles. The molecule has 0 radical (unpaired) electrons. The topological polar surface area (TPSA) is 24.9 Å². The van der Waals surface area contributed by atoms with E-state index in [1.165, 1.54) is 64.2 Å². The van der Waals surface area contributed by atoms with E-state index in [-0.39, 0.29) is 0 Å². The standard InChI is InChI=1S/C18H42N2O2Si2/c1-7-21-23(3,4)17-9-11-19-13-15-20(16-14-19)12-10-18-24(5,6)22-8-2/h7-18H2,1-6H3. The lowest BCUT2D eigenvalue weighted by atomic mass is 10.3. The Bertz CT molecular complexity index is 301. The molecule has 1 heterocycles. The summed E-state index contributed by atoms with van der Waals surface area (Å²) < 4.78 is 11.9. The van der Waals surface area contributed by atoms with Crippen LogP contribution in [0.2, 0.25) is 38.3 Å². The molecule has 0 aromatic carbocycles. The van der Waals surface area contributed by atoms with E-state index in [4.69, 9.17) is 8.85 Å². The summed E-state index contributed by atoms with van der Waals surface area (Å²) >= 11 is 0. The summed E-state index contributed by atoms with van der Waals surface area (Å²) in [6, 6.07) is 2.58. The zero-order valence-corrected chi connectivity index (χ0v) is 19.2. The van der Waals surface area contributed by atoms with Gasteiger partial charge >= 0.3 is 0 Å². The molecule has 0 aliphatic carbocycles. The summed E-state index contributed by atoms with van der Waals surface area (Å²) in [6.07, 6.45) is 2.60. The van der Waals surface area contributed by atoms with Crippen molar-refractivity contribution in [1.29, 1.82) is 0 Å². The van der Waals surface area contributed by atoms with E-state index in [1.807, 2.05) is 0 Å². The largest absolute Gasteiger partial charge is 0.418 e. The van der Waals surface area contributed by atoms with E-state index in [0.29, 0.717) is 0 Å². The van der Waals surface area contributed by atoms with E-state index >= 15 is 0 Å². The molecule has 1 fully saturated rings. The van der Waals surface area contributed by atoms with Gasteiger partial charge in [0.15, 0.2) is 16.6 Å². The van der Waals surface area contributed by atoms with Crippen molar-refractivity contribution in [3.63, 3.8) is 0 Å². The average molecular weight is 375 g/mol. The van der Waals surface area contributed by atoms with Crippen molar-refractivity contribution in [2.24, 2.45) is 0 Å². The van der Waals surface area contributed by atoms with Gasteiger partial charge in [-0.05, 0) is 78.1 Å².